The van der Waals surface area contributed by atoms with Crippen LogP contribution in [-0.2, 0) is 34.1 Å². The van der Waals surface area contributed by atoms with Crippen molar-refractivity contribution in [2.45, 2.75) is 33.0 Å². The van der Waals surface area contributed by atoms with Gasteiger partial charge in [-0.05, 0) is 67.9 Å². The van der Waals surface area contributed by atoms with Crippen LogP contribution in [0.1, 0.15) is 28.1 Å². The first kappa shape index (κ1) is 30.6. The number of anilines is 1. The quantitative estimate of drug-likeness (QED) is 0.209. The van der Waals surface area contributed by atoms with Gasteiger partial charge in [-0.3, -0.25) is 9.52 Å². The van der Waals surface area contributed by atoms with Gasteiger partial charge in [0.05, 0.1) is 17.9 Å². The third kappa shape index (κ3) is 8.10. The number of nitrogens with zero attached hydrogens (tertiary/aromatic N) is 2. The molecule has 0 saturated carbocycles. The van der Waals surface area contributed by atoms with Crippen LogP contribution < -0.4 is 9.46 Å². The van der Waals surface area contributed by atoms with Crippen molar-refractivity contribution in [1.29, 1.82) is 0 Å². The number of halogens is 3. The fourth-order valence-corrected chi connectivity index (χ4v) is 5.16. The Hall–Kier alpha value is -4.36. The first-order chi connectivity index (χ1) is 19.8. The van der Waals surface area contributed by atoms with Crippen molar-refractivity contribution in [1.82, 2.24) is 9.29 Å². The van der Waals surface area contributed by atoms with Crippen LogP contribution in [0.3, 0.4) is 0 Å². The summed E-state index contributed by atoms with van der Waals surface area (Å²) in [6, 6.07) is 17.8. The maximum atomic E-state index is 13.0. The van der Waals surface area contributed by atoms with Gasteiger partial charge in [-0.2, -0.15) is 25.9 Å². The van der Waals surface area contributed by atoms with Gasteiger partial charge >= 0.3 is 22.4 Å². The Kier molecular flexibility index (Phi) is 9.22. The minimum atomic E-state index is -4.44. The summed E-state index contributed by atoms with van der Waals surface area (Å²) in [7, 11) is -4.20. The highest BCUT2D eigenvalue weighted by molar-refractivity contribution is 7.90. The lowest BCUT2D eigenvalue weighted by Crippen LogP contribution is -2.39. The van der Waals surface area contributed by atoms with E-state index in [1.165, 1.54) is 12.1 Å². The summed E-state index contributed by atoms with van der Waals surface area (Å²) in [6.07, 6.45) is -4.11. The highest BCUT2D eigenvalue weighted by Gasteiger charge is 2.30. The van der Waals surface area contributed by atoms with Crippen molar-refractivity contribution < 1.29 is 40.6 Å². The van der Waals surface area contributed by atoms with E-state index in [1.807, 2.05) is 6.92 Å². The fraction of sp³-hybridized carbons (Fsp3) is 0.241. The second-order valence-electron chi connectivity index (χ2n) is 9.48. The van der Waals surface area contributed by atoms with E-state index in [2.05, 4.69) is 9.71 Å². The van der Waals surface area contributed by atoms with Crippen LogP contribution >= 0.6 is 0 Å². The van der Waals surface area contributed by atoms with Gasteiger partial charge in [0.1, 0.15) is 18.1 Å². The molecule has 1 heterocycles. The maximum absolute atomic E-state index is 13.0. The highest BCUT2D eigenvalue weighted by Crippen LogP contribution is 2.31. The van der Waals surface area contributed by atoms with Crippen molar-refractivity contribution in [2.24, 2.45) is 0 Å². The predicted molar refractivity (Wildman–Crippen MR) is 149 cm³/mol. The van der Waals surface area contributed by atoms with Crippen LogP contribution in [0.2, 0.25) is 0 Å². The fourth-order valence-electron chi connectivity index (χ4n) is 4.00. The van der Waals surface area contributed by atoms with Gasteiger partial charge in [0, 0.05) is 24.2 Å². The zero-order valence-electron chi connectivity index (χ0n) is 22.7. The van der Waals surface area contributed by atoms with Crippen molar-refractivity contribution in [3.8, 4) is 17.2 Å². The lowest BCUT2D eigenvalue weighted by molar-refractivity contribution is -0.138. The zero-order chi connectivity index (χ0) is 30.5. The second-order valence-corrected chi connectivity index (χ2v) is 11.1. The molecule has 4 rings (SSSR count). The van der Waals surface area contributed by atoms with Gasteiger partial charge < -0.3 is 14.3 Å². The van der Waals surface area contributed by atoms with Crippen molar-refractivity contribution in [3.63, 3.8) is 0 Å². The smallest absolute Gasteiger partial charge is 0.416 e. The van der Waals surface area contributed by atoms with E-state index in [9.17, 15) is 31.5 Å². The van der Waals surface area contributed by atoms with Gasteiger partial charge in [-0.25, -0.2) is 4.98 Å². The molecule has 42 heavy (non-hydrogen) atoms. The number of aliphatic carboxylic acids is 1. The summed E-state index contributed by atoms with van der Waals surface area (Å²) in [5, 5.41) is 9.33. The minimum Gasteiger partial charge on any atom is -0.493 e. The Morgan fingerprint density at radius 1 is 1.05 bits per heavy atom. The molecule has 0 spiro atoms. The Morgan fingerprint density at radius 2 is 1.74 bits per heavy atom. The minimum absolute atomic E-state index is 0.176. The molecule has 0 radical (unpaired) electrons. The average molecular weight is 604 g/mol. The molecule has 0 amide bonds. The van der Waals surface area contributed by atoms with E-state index in [0.29, 0.717) is 40.4 Å². The molecule has 0 aliphatic heterocycles. The maximum Gasteiger partial charge on any atom is 0.416 e. The molecule has 222 valence electrons. The third-order valence-corrected chi connectivity index (χ3v) is 7.60. The van der Waals surface area contributed by atoms with Crippen LogP contribution in [0.5, 0.6) is 5.75 Å². The molecule has 13 heteroatoms. The standard InChI is InChI=1S/C29H28F3N3O6S/c1-19-6-12-24(13-7-19)34-42(38,39)35(18-27(36)37)17-21-4-3-5-25(16-21)40-15-14-26-20(2)41-28(33-26)22-8-10-23(11-9-22)29(30,31)32/h3-13,16,34H,14-15,17-18H2,1-2H3,(H,36,37). The molecule has 0 fully saturated rings. The normalized spacial score (nSPS) is 12.0. The molecule has 0 bridgehead atoms. The van der Waals surface area contributed by atoms with Crippen LogP contribution in [0, 0.1) is 13.8 Å². The summed E-state index contributed by atoms with van der Waals surface area (Å²) in [4.78, 5) is 15.8. The molecule has 9 nitrogen and oxygen atoms in total. The zero-order valence-corrected chi connectivity index (χ0v) is 23.5. The number of alkyl halides is 3. The van der Waals surface area contributed by atoms with Gasteiger partial charge in [0.2, 0.25) is 5.89 Å². The number of rotatable bonds is 12. The Morgan fingerprint density at radius 3 is 2.38 bits per heavy atom. The van der Waals surface area contributed by atoms with E-state index >= 15 is 0 Å². The number of carbonyl (C=O) groups is 1. The van der Waals surface area contributed by atoms with E-state index in [4.69, 9.17) is 9.15 Å². The van der Waals surface area contributed by atoms with Gasteiger partial charge in [0.25, 0.3) is 0 Å². The lowest BCUT2D eigenvalue weighted by Gasteiger charge is -2.21. The predicted octanol–water partition coefficient (Wildman–Crippen LogP) is 5.84. The van der Waals surface area contributed by atoms with E-state index < -0.39 is 34.5 Å². The van der Waals surface area contributed by atoms with Crippen molar-refractivity contribution in [2.75, 3.05) is 17.9 Å². The Labute approximate surface area is 240 Å². The number of hydrogen-bond donors (Lipinski definition) is 2. The van der Waals surface area contributed by atoms with Crippen LogP contribution in [0.25, 0.3) is 11.5 Å². The number of benzene rings is 3. The molecule has 0 atom stereocenters. The molecular weight excluding hydrogens is 575 g/mol. The number of hydrogen-bond acceptors (Lipinski definition) is 6. The molecule has 0 aliphatic rings. The average Bonchev–Trinajstić information content (AvgIpc) is 3.29. The summed E-state index contributed by atoms with van der Waals surface area (Å²) < 4.78 is 79.2. The third-order valence-electron chi connectivity index (χ3n) is 6.17. The first-order valence-electron chi connectivity index (χ1n) is 12.7. The summed E-state index contributed by atoms with van der Waals surface area (Å²) in [6.45, 7) is 2.76. The molecular formula is C29H28F3N3O6S. The van der Waals surface area contributed by atoms with Crippen LogP contribution in [0.4, 0.5) is 18.9 Å². The van der Waals surface area contributed by atoms with Crippen molar-refractivity contribution in [3.05, 3.63) is 101 Å². The number of ether oxygens (including phenoxy) is 1. The molecule has 3 aromatic carbocycles. The largest absolute Gasteiger partial charge is 0.493 e. The summed E-state index contributed by atoms with van der Waals surface area (Å²) in [5.74, 6) is -0.193. The highest BCUT2D eigenvalue weighted by atomic mass is 32.2. The summed E-state index contributed by atoms with van der Waals surface area (Å²) >= 11 is 0. The number of carboxylic acid groups (broad SMARTS) is 1. The molecule has 0 unspecified atom stereocenters. The van der Waals surface area contributed by atoms with Gasteiger partial charge in [0.15, 0.2) is 0 Å². The molecule has 0 aliphatic carbocycles. The van der Waals surface area contributed by atoms with Gasteiger partial charge in [-0.15, -0.1) is 0 Å². The topological polar surface area (TPSA) is 122 Å². The molecule has 1 aromatic heterocycles. The SMILES string of the molecule is Cc1ccc(NS(=O)(=O)N(CC(=O)O)Cc2cccc(OCCc3nc(-c4ccc(C(F)(F)F)cc4)oc3C)c2)cc1. The number of nitrogens with one attached hydrogen (secondary N) is 1. The lowest BCUT2D eigenvalue weighted by atomic mass is 10.1. The number of oxazole rings is 1. The van der Waals surface area contributed by atoms with Crippen LogP contribution in [0.15, 0.2) is 77.2 Å². The van der Waals surface area contributed by atoms with E-state index in [1.54, 1.807) is 55.5 Å². The Balaban J connectivity index is 1.39. The van der Waals surface area contributed by atoms with E-state index in [0.717, 1.165) is 22.0 Å². The molecule has 0 saturated heterocycles. The number of carboxylic acids is 1. The second kappa shape index (κ2) is 12.7. The van der Waals surface area contributed by atoms with Crippen LogP contribution in [-0.4, -0.2) is 41.9 Å². The molecule has 2 N–H and O–H groups in total. The monoisotopic (exact) mass is 603 g/mol. The summed E-state index contributed by atoms with van der Waals surface area (Å²) in [5.41, 5.74) is 1.96. The van der Waals surface area contributed by atoms with Crippen molar-refractivity contribution >= 4 is 21.9 Å². The van der Waals surface area contributed by atoms with Gasteiger partial charge in [-0.1, -0.05) is 29.8 Å². The number of aryl methyl sites for hydroxylation is 2. The molecule has 4 aromatic rings. The van der Waals surface area contributed by atoms with E-state index in [-0.39, 0.29) is 19.0 Å². The Bertz CT molecular complexity index is 1640. The number of aromatic nitrogens is 1. The first-order valence-corrected chi connectivity index (χ1v) is 14.2.